The van der Waals surface area contributed by atoms with Gasteiger partial charge in [0.2, 0.25) is 0 Å². The van der Waals surface area contributed by atoms with Crippen molar-refractivity contribution in [2.75, 3.05) is 26.6 Å². The van der Waals surface area contributed by atoms with Gasteiger partial charge in [-0.3, -0.25) is 48.3 Å². The molecule has 19 heteroatoms. The van der Waals surface area contributed by atoms with E-state index < -0.39 is 17.3 Å². The number of H-pyrrole nitrogens is 2. The van der Waals surface area contributed by atoms with Crippen LogP contribution in [0.15, 0.2) is 198 Å². The van der Waals surface area contributed by atoms with E-state index in [9.17, 15) is 38.4 Å². The molecule has 0 aliphatic rings. The quantitative estimate of drug-likeness (QED) is 0.0229. The van der Waals surface area contributed by atoms with E-state index in [2.05, 4.69) is 24.7 Å². The molecule has 0 aliphatic heterocycles. The highest BCUT2D eigenvalue weighted by Crippen LogP contribution is 2.33. The van der Waals surface area contributed by atoms with E-state index in [4.69, 9.17) is 50.0 Å². The van der Waals surface area contributed by atoms with Gasteiger partial charge in [-0.2, -0.15) is 0 Å². The highest BCUT2D eigenvalue weighted by molar-refractivity contribution is 6.32. The number of nitrogens with one attached hydrogen (secondary N) is 2. The van der Waals surface area contributed by atoms with Gasteiger partial charge in [-0.1, -0.05) is 126 Å². The zero-order chi connectivity index (χ0) is 62.3. The Bertz CT molecular complexity index is 4210. The highest BCUT2D eigenvalue weighted by Gasteiger charge is 2.21. The van der Waals surface area contributed by atoms with E-state index in [1.54, 1.807) is 118 Å². The van der Waals surface area contributed by atoms with E-state index in [1.807, 2.05) is 78.9 Å². The second-order valence-corrected chi connectivity index (χ2v) is 19.6. The van der Waals surface area contributed by atoms with Crippen LogP contribution in [0.4, 0.5) is 5.69 Å². The molecule has 0 spiro atoms. The van der Waals surface area contributed by atoms with Gasteiger partial charge in [-0.15, -0.1) is 0 Å². The second kappa shape index (κ2) is 32.1. The summed E-state index contributed by atoms with van der Waals surface area (Å²) in [4.78, 5) is 106. The zero-order valence-electron chi connectivity index (χ0n) is 47.1. The van der Waals surface area contributed by atoms with Crippen molar-refractivity contribution in [2.24, 2.45) is 0 Å². The molecule has 10 rings (SSSR count). The zero-order valence-corrected chi connectivity index (χ0v) is 49.3. The lowest BCUT2D eigenvalue weighted by atomic mass is 9.94. The van der Waals surface area contributed by atoms with E-state index in [0.717, 1.165) is 22.8 Å². The lowest BCUT2D eigenvalue weighted by molar-refractivity contribution is -0.145. The largest absolute Gasteiger partial charge is 0.495 e. The number of pyridine rings is 4. The van der Waals surface area contributed by atoms with Gasteiger partial charge in [0.15, 0.2) is 23.6 Å². The topological polar surface area (TPSA) is 248 Å². The van der Waals surface area contributed by atoms with Crippen molar-refractivity contribution in [3.05, 3.63) is 258 Å². The molecule has 4 aromatic heterocycles. The maximum atomic E-state index is 13.1. The number of anilines is 1. The molecule has 0 bridgehead atoms. The number of ether oxygens (including phenoxy) is 3. The average Bonchev–Trinajstić information content (AvgIpc) is 0.899. The first kappa shape index (κ1) is 65.0. The molecule has 10 aromatic rings. The summed E-state index contributed by atoms with van der Waals surface area (Å²) >= 11 is 18.1. The monoisotopic (exact) mass is 1210 g/mol. The molecule has 0 aliphatic carbocycles. The van der Waals surface area contributed by atoms with Crippen molar-refractivity contribution >= 4 is 104 Å². The van der Waals surface area contributed by atoms with Crippen LogP contribution in [-0.4, -0.2) is 76.2 Å². The van der Waals surface area contributed by atoms with E-state index >= 15 is 0 Å². The van der Waals surface area contributed by atoms with Crippen LogP contribution in [-0.2, 0) is 14.3 Å². The number of aromatic amines is 2. The van der Waals surface area contributed by atoms with E-state index in [0.29, 0.717) is 88.7 Å². The summed E-state index contributed by atoms with van der Waals surface area (Å²) in [5.74, 6) is -0.215. The number of nitrogen functional groups attached to an aromatic ring is 1. The summed E-state index contributed by atoms with van der Waals surface area (Å²) in [5.41, 5.74) is 11.9. The minimum absolute atomic E-state index is 0.0584. The number of hydrogen-bond donors (Lipinski definition) is 3. The van der Waals surface area contributed by atoms with Gasteiger partial charge in [0.25, 0.3) is 11.1 Å². The summed E-state index contributed by atoms with van der Waals surface area (Å²) < 4.78 is 14.5. The van der Waals surface area contributed by atoms with E-state index in [1.165, 1.54) is 33.2 Å². The number of aromatic nitrogens is 4. The molecule has 0 atom stereocenters. The van der Waals surface area contributed by atoms with Gasteiger partial charge >= 0.3 is 5.97 Å². The first-order valence-electron chi connectivity index (χ1n) is 26.1. The second-order valence-electron chi connectivity index (χ2n) is 18.3. The van der Waals surface area contributed by atoms with Gasteiger partial charge in [0.05, 0.1) is 44.3 Å². The molecule has 0 saturated carbocycles. The summed E-state index contributed by atoms with van der Waals surface area (Å²) in [5, 5.41) is 3.05. The molecule has 0 saturated heterocycles. The number of methoxy groups -OCH3 is 2. The third kappa shape index (κ3) is 18.2. The number of rotatable bonds is 14. The maximum Gasteiger partial charge on any atom is 0.313 e. The standard InChI is InChI=1S/C24H17ClN2O3.C17H12ClNO2.C13H10ClNO.C7H7NO2.C6H10O3/c1-30-18-11-15(13-26-14-18)7-10-21(28)23-22(16-5-3-2-4-6-16)19-12-17(25)8-9-20(19)27-24(23)29;1-10(20)15-16(11-5-3-2-4-6-11)13-9-12(18)7-8-14(13)19-17(15)21;14-10-6-7-12(15)11(8-10)13(16)9-4-2-1-3-5-9;1-10-7-2-6(5-9)3-8-4-7;1-3-9-6(8)4-5(2)7/h2-14H,1H3,(H,27,29);2-9H,1H3,(H,19,21);1-8H,15H2;2-5H,1H3;3-4H2,1-2H3/b10-7+;;;;. The number of ketones is 4. The van der Waals surface area contributed by atoms with Gasteiger partial charge < -0.3 is 29.9 Å². The number of fused-ring (bicyclic) bond motifs is 2. The Morgan fingerprint density at radius 1 is 0.581 bits per heavy atom. The number of carbonyl (C=O) groups is 6. The first-order chi connectivity index (χ1) is 41.3. The SMILES string of the molecule is CC(=O)c1c(-c2ccccc2)c2cc(Cl)ccc2[nH]c1=O.CCOC(=O)CC(C)=O.COc1cncc(/C=C/C(=O)c2c(-c3ccccc3)c3cc(Cl)ccc3[nH]c2=O)c1.COc1cncc(C=O)c1.Nc1ccc(Cl)cc1C(=O)c1ccccc1. The molecule has 6 aromatic carbocycles. The predicted molar refractivity (Wildman–Crippen MR) is 338 cm³/mol. The van der Waals surface area contributed by atoms with Crippen LogP contribution < -0.4 is 26.3 Å². The lowest BCUT2D eigenvalue weighted by Crippen LogP contribution is -2.18. The van der Waals surface area contributed by atoms with Crippen molar-refractivity contribution < 1.29 is 43.0 Å². The summed E-state index contributed by atoms with van der Waals surface area (Å²) in [6.07, 6.45) is 9.81. The van der Waals surface area contributed by atoms with Gasteiger partial charge in [-0.05, 0) is 116 Å². The van der Waals surface area contributed by atoms with Crippen LogP contribution in [0.25, 0.3) is 50.1 Å². The van der Waals surface area contributed by atoms with Crippen LogP contribution in [0.3, 0.4) is 0 Å². The Morgan fingerprint density at radius 2 is 1.05 bits per heavy atom. The van der Waals surface area contributed by atoms with Crippen molar-refractivity contribution in [2.45, 2.75) is 27.2 Å². The maximum absolute atomic E-state index is 13.1. The highest BCUT2D eigenvalue weighted by atomic mass is 35.5. The fourth-order valence-electron chi connectivity index (χ4n) is 8.30. The predicted octanol–water partition coefficient (Wildman–Crippen LogP) is 13.8. The fourth-order valence-corrected chi connectivity index (χ4v) is 8.82. The van der Waals surface area contributed by atoms with Crippen molar-refractivity contribution in [1.29, 1.82) is 0 Å². The van der Waals surface area contributed by atoms with E-state index in [-0.39, 0.29) is 40.5 Å². The smallest absolute Gasteiger partial charge is 0.313 e. The number of halogens is 3. The van der Waals surface area contributed by atoms with Gasteiger partial charge in [-0.25, -0.2) is 0 Å². The Hall–Kier alpha value is -10.1. The minimum Gasteiger partial charge on any atom is -0.495 e. The third-order valence-electron chi connectivity index (χ3n) is 12.2. The number of carbonyl (C=O) groups excluding carboxylic acids is 6. The molecule has 0 fully saturated rings. The Morgan fingerprint density at radius 3 is 1.53 bits per heavy atom. The normalized spacial score (nSPS) is 10.3. The van der Waals surface area contributed by atoms with Gasteiger partial charge in [0, 0.05) is 82.8 Å². The van der Waals surface area contributed by atoms with Crippen LogP contribution in [0, 0.1) is 0 Å². The van der Waals surface area contributed by atoms with Crippen molar-refractivity contribution in [1.82, 2.24) is 19.9 Å². The van der Waals surface area contributed by atoms with Crippen LogP contribution in [0.2, 0.25) is 15.1 Å². The number of nitrogens with zero attached hydrogens (tertiary/aromatic N) is 2. The number of hydrogen-bond acceptors (Lipinski definition) is 14. The molecule has 0 radical (unpaired) electrons. The summed E-state index contributed by atoms with van der Waals surface area (Å²) in [6, 6.07) is 46.4. The molecule has 4 heterocycles. The number of nitrogens with two attached hydrogens (primary N) is 1. The number of benzene rings is 6. The average molecular weight is 1210 g/mol. The van der Waals surface area contributed by atoms with Crippen molar-refractivity contribution in [3.63, 3.8) is 0 Å². The molecule has 0 amide bonds. The van der Waals surface area contributed by atoms with Crippen molar-refractivity contribution in [3.8, 4) is 33.8 Å². The number of Topliss-reactive ketones (excluding diaryl/α,β-unsaturated/α-hetero) is 2. The molecular formula is C67H56Cl3N5O11. The molecule has 4 N–H and O–H groups in total. The summed E-state index contributed by atoms with van der Waals surface area (Å²) in [6.45, 7) is 4.80. The molecular weight excluding hydrogens is 1160 g/mol. The Kier molecular flexibility index (Phi) is 24.2. The molecule has 16 nitrogen and oxygen atoms in total. The number of allylic oxidation sites excluding steroid dienone is 1. The minimum atomic E-state index is -0.456. The molecule has 436 valence electrons. The van der Waals surface area contributed by atoms with Gasteiger partial charge in [0.1, 0.15) is 23.7 Å². The molecule has 86 heavy (non-hydrogen) atoms. The number of aldehydes is 1. The summed E-state index contributed by atoms with van der Waals surface area (Å²) in [7, 11) is 3.08. The fraction of sp³-hybridized carbons (Fsp3) is 0.104. The Balaban J connectivity index is 0.000000185. The lowest BCUT2D eigenvalue weighted by Gasteiger charge is -2.11. The third-order valence-corrected chi connectivity index (χ3v) is 12.9. The van der Waals surface area contributed by atoms with Crippen LogP contribution >= 0.6 is 34.8 Å². The van der Waals surface area contributed by atoms with Crippen LogP contribution in [0.1, 0.15) is 79.8 Å². The number of esters is 1. The molecule has 0 unspecified atom stereocenters. The Labute approximate surface area is 509 Å². The van der Waals surface area contributed by atoms with Crippen LogP contribution in [0.5, 0.6) is 11.5 Å². The first-order valence-corrected chi connectivity index (χ1v) is 27.3.